The fourth-order valence-electron chi connectivity index (χ4n) is 4.38. The monoisotopic (exact) mass is 414 g/mol. The second kappa shape index (κ2) is 7.97. The summed E-state index contributed by atoms with van der Waals surface area (Å²) in [4.78, 5) is 25.8. The predicted octanol–water partition coefficient (Wildman–Crippen LogP) is 4.49. The van der Waals surface area contributed by atoms with Gasteiger partial charge in [0.2, 0.25) is 5.91 Å². The summed E-state index contributed by atoms with van der Waals surface area (Å²) in [6.45, 7) is 5.58. The molecule has 7 heteroatoms. The Morgan fingerprint density at radius 3 is 2.37 bits per heavy atom. The van der Waals surface area contributed by atoms with Crippen LogP contribution in [0.2, 0.25) is 0 Å². The zero-order valence-corrected chi connectivity index (χ0v) is 17.4. The number of likely N-dealkylation sites (tertiary alicyclic amines) is 1. The van der Waals surface area contributed by atoms with Crippen molar-refractivity contribution in [2.45, 2.75) is 51.8 Å². The van der Waals surface area contributed by atoms with Crippen molar-refractivity contribution in [3.63, 3.8) is 0 Å². The minimum absolute atomic E-state index is 0.0888. The van der Waals surface area contributed by atoms with E-state index < -0.39 is 29.0 Å². The number of benzene rings is 2. The Bertz CT molecular complexity index is 939. The van der Waals surface area contributed by atoms with Crippen LogP contribution in [0, 0.1) is 11.2 Å². The van der Waals surface area contributed by atoms with Gasteiger partial charge in [0.15, 0.2) is 0 Å². The molecule has 3 rings (SSSR count). The van der Waals surface area contributed by atoms with Crippen molar-refractivity contribution in [1.29, 1.82) is 0 Å². The van der Waals surface area contributed by atoms with Crippen molar-refractivity contribution in [3.05, 3.63) is 65.5 Å². The Morgan fingerprint density at radius 1 is 1.20 bits per heavy atom. The molecule has 160 valence electrons. The average Bonchev–Trinajstić information content (AvgIpc) is 3.10. The molecule has 6 nitrogen and oxygen atoms in total. The molecule has 1 fully saturated rings. The van der Waals surface area contributed by atoms with Crippen LogP contribution in [0.1, 0.15) is 50.8 Å². The number of rotatable bonds is 5. The van der Waals surface area contributed by atoms with Crippen molar-refractivity contribution in [3.8, 4) is 5.75 Å². The lowest BCUT2D eigenvalue weighted by Gasteiger charge is -2.45. The molecular formula is C23H27FN2O4. The number of halogens is 1. The lowest BCUT2D eigenvalue weighted by atomic mass is 9.71. The number of nitrogens with zero attached hydrogens (tertiary/aromatic N) is 1. The van der Waals surface area contributed by atoms with E-state index in [1.165, 1.54) is 11.0 Å². The summed E-state index contributed by atoms with van der Waals surface area (Å²) >= 11 is 0. The number of nitrogens with two attached hydrogens (primary N) is 1. The maximum Gasteiger partial charge on any atom is 0.408 e. The highest BCUT2D eigenvalue weighted by molar-refractivity contribution is 5.90. The van der Waals surface area contributed by atoms with Gasteiger partial charge in [0, 0.05) is 5.56 Å². The molecule has 1 heterocycles. The highest BCUT2D eigenvalue weighted by Gasteiger charge is 2.59. The molecule has 1 aliphatic rings. The van der Waals surface area contributed by atoms with Crippen molar-refractivity contribution >= 4 is 12.0 Å². The maximum atomic E-state index is 13.7. The van der Waals surface area contributed by atoms with Crippen LogP contribution in [0.4, 0.5) is 9.18 Å². The zero-order chi connectivity index (χ0) is 22.1. The fraction of sp³-hybridized carbons (Fsp3) is 0.391. The van der Waals surface area contributed by atoms with Gasteiger partial charge in [-0.1, -0.05) is 51.1 Å². The molecule has 0 radical (unpaired) electrons. The number of carbonyl (C=O) groups excluding carboxylic acids is 1. The third kappa shape index (κ3) is 3.72. The standard InChI is InChI=1S/C23H27FN2O4/c1-22(2,3)23(20(25)27)13-12-19(26(23)21(28)29)15-8-10-17(11-9-15)30-14-16-6-4-5-7-18(16)24/h4-11,19H,12-14H2,1-3H3,(H2,25,27)(H,28,29)/t19-,23-/m0/s1. The number of ether oxygens (including phenoxy) is 1. The molecular weight excluding hydrogens is 387 g/mol. The number of carboxylic acid groups (broad SMARTS) is 1. The van der Waals surface area contributed by atoms with E-state index in [1.54, 1.807) is 42.5 Å². The molecule has 30 heavy (non-hydrogen) atoms. The largest absolute Gasteiger partial charge is 0.489 e. The number of amides is 2. The van der Waals surface area contributed by atoms with Crippen LogP contribution >= 0.6 is 0 Å². The van der Waals surface area contributed by atoms with Crippen LogP contribution in [0.15, 0.2) is 48.5 Å². The molecule has 1 saturated heterocycles. The Hall–Kier alpha value is -3.09. The quantitative estimate of drug-likeness (QED) is 0.754. The first-order chi connectivity index (χ1) is 14.1. The predicted molar refractivity (Wildman–Crippen MR) is 110 cm³/mol. The van der Waals surface area contributed by atoms with Gasteiger partial charge in [0.1, 0.15) is 23.7 Å². The van der Waals surface area contributed by atoms with Crippen molar-refractivity contribution in [2.75, 3.05) is 0 Å². The number of carbonyl (C=O) groups is 2. The van der Waals surface area contributed by atoms with Gasteiger partial charge in [-0.25, -0.2) is 9.18 Å². The minimum atomic E-state index is -1.29. The SMILES string of the molecule is CC(C)(C)[C@@]1(C(N)=O)CC[C@@H](c2ccc(OCc3ccccc3F)cc2)N1C(=O)O. The van der Waals surface area contributed by atoms with Gasteiger partial charge >= 0.3 is 6.09 Å². The highest BCUT2D eigenvalue weighted by atomic mass is 19.1. The highest BCUT2D eigenvalue weighted by Crippen LogP contribution is 2.51. The maximum absolute atomic E-state index is 13.7. The van der Waals surface area contributed by atoms with Gasteiger partial charge < -0.3 is 15.6 Å². The summed E-state index contributed by atoms with van der Waals surface area (Å²) in [6.07, 6.45) is -0.331. The van der Waals surface area contributed by atoms with Gasteiger partial charge in [-0.3, -0.25) is 9.69 Å². The van der Waals surface area contributed by atoms with Crippen LogP contribution in [0.25, 0.3) is 0 Å². The van der Waals surface area contributed by atoms with Gasteiger partial charge in [0.25, 0.3) is 0 Å². The van der Waals surface area contributed by atoms with Gasteiger partial charge in [-0.2, -0.15) is 0 Å². The lowest BCUT2D eigenvalue weighted by molar-refractivity contribution is -0.135. The summed E-state index contributed by atoms with van der Waals surface area (Å²) in [5.74, 6) is -0.425. The molecule has 1 aliphatic heterocycles. The smallest absolute Gasteiger partial charge is 0.408 e. The van der Waals surface area contributed by atoms with E-state index in [-0.39, 0.29) is 12.4 Å². The Balaban J connectivity index is 1.82. The number of hydrogen-bond acceptors (Lipinski definition) is 3. The summed E-state index contributed by atoms with van der Waals surface area (Å²) in [7, 11) is 0. The van der Waals surface area contributed by atoms with Crippen molar-refractivity contribution in [2.24, 2.45) is 11.1 Å². The summed E-state index contributed by atoms with van der Waals surface area (Å²) < 4.78 is 19.4. The van der Waals surface area contributed by atoms with Crippen molar-refractivity contribution < 1.29 is 23.8 Å². The molecule has 0 aromatic heterocycles. The van der Waals surface area contributed by atoms with Gasteiger partial charge in [0.05, 0.1) is 6.04 Å². The first-order valence-corrected chi connectivity index (χ1v) is 9.86. The van der Waals surface area contributed by atoms with E-state index >= 15 is 0 Å². The molecule has 0 unspecified atom stereocenters. The summed E-state index contributed by atoms with van der Waals surface area (Å²) in [6, 6.07) is 12.9. The minimum Gasteiger partial charge on any atom is -0.489 e. The van der Waals surface area contributed by atoms with E-state index in [4.69, 9.17) is 10.5 Å². The summed E-state index contributed by atoms with van der Waals surface area (Å²) in [5.41, 5.74) is 4.98. The molecule has 2 amide bonds. The zero-order valence-electron chi connectivity index (χ0n) is 17.4. The normalized spacial score (nSPS) is 21.5. The summed E-state index contributed by atoms with van der Waals surface area (Å²) in [5, 5.41) is 9.94. The Morgan fingerprint density at radius 2 is 1.83 bits per heavy atom. The van der Waals surface area contributed by atoms with Crippen LogP contribution in [0.3, 0.4) is 0 Å². The van der Waals surface area contributed by atoms with Gasteiger partial charge in [-0.05, 0) is 42.0 Å². The molecule has 2 atom stereocenters. The topological polar surface area (TPSA) is 92.9 Å². The second-order valence-corrected chi connectivity index (χ2v) is 8.63. The molecule has 3 N–H and O–H groups in total. The third-order valence-corrected chi connectivity index (χ3v) is 5.97. The van der Waals surface area contributed by atoms with Crippen LogP contribution < -0.4 is 10.5 Å². The average molecular weight is 414 g/mol. The lowest BCUT2D eigenvalue weighted by Crippen LogP contribution is -2.63. The van der Waals surface area contributed by atoms with Crippen LogP contribution in [-0.2, 0) is 11.4 Å². The molecule has 0 aliphatic carbocycles. The van der Waals surface area contributed by atoms with Crippen molar-refractivity contribution in [1.82, 2.24) is 4.90 Å². The molecule has 0 spiro atoms. The van der Waals surface area contributed by atoms with Crippen LogP contribution in [0.5, 0.6) is 5.75 Å². The first kappa shape index (κ1) is 21.6. The molecule has 0 saturated carbocycles. The van der Waals surface area contributed by atoms with E-state index in [0.29, 0.717) is 24.2 Å². The number of hydrogen-bond donors (Lipinski definition) is 2. The first-order valence-electron chi connectivity index (χ1n) is 9.86. The van der Waals surface area contributed by atoms with Crippen LogP contribution in [-0.4, -0.2) is 27.5 Å². The molecule has 2 aromatic rings. The Kier molecular flexibility index (Phi) is 5.74. The fourth-order valence-corrected chi connectivity index (χ4v) is 4.38. The van der Waals surface area contributed by atoms with E-state index in [1.807, 2.05) is 20.8 Å². The Labute approximate surface area is 175 Å². The van der Waals surface area contributed by atoms with E-state index in [0.717, 1.165) is 5.56 Å². The van der Waals surface area contributed by atoms with E-state index in [2.05, 4.69) is 0 Å². The van der Waals surface area contributed by atoms with E-state index in [9.17, 15) is 19.1 Å². The molecule has 2 aromatic carbocycles. The third-order valence-electron chi connectivity index (χ3n) is 5.97. The van der Waals surface area contributed by atoms with Gasteiger partial charge in [-0.15, -0.1) is 0 Å². The number of primary amides is 1. The molecule has 0 bridgehead atoms. The second-order valence-electron chi connectivity index (χ2n) is 8.63.